The molecule has 1 aliphatic heterocycles. The Morgan fingerprint density at radius 3 is 2.54 bits per heavy atom. The molecule has 0 aromatic carbocycles. The molecule has 0 saturated carbocycles. The molecule has 2 rings (SSSR count). The third-order valence-electron chi connectivity index (χ3n) is 2.69. The van der Waals surface area contributed by atoms with Crippen molar-refractivity contribution < 1.29 is 9.90 Å². The van der Waals surface area contributed by atoms with E-state index in [2.05, 4.69) is 17.1 Å². The van der Waals surface area contributed by atoms with E-state index in [1.807, 2.05) is 12.2 Å². The number of aliphatic carboxylic acids is 1. The number of hydrogen-bond acceptors (Lipinski definition) is 2. The van der Waals surface area contributed by atoms with Crippen molar-refractivity contribution in [1.29, 1.82) is 0 Å². The summed E-state index contributed by atoms with van der Waals surface area (Å²) in [7, 11) is 0. The fourth-order valence-electron chi connectivity index (χ4n) is 1.90. The lowest BCUT2D eigenvalue weighted by atomic mass is 10.1. The fourth-order valence-corrected chi connectivity index (χ4v) is 1.90. The van der Waals surface area contributed by atoms with Crippen molar-refractivity contribution >= 4 is 5.97 Å². The van der Waals surface area contributed by atoms with Crippen molar-refractivity contribution in [3.8, 4) is 0 Å². The number of rotatable bonds is 2. The van der Waals surface area contributed by atoms with E-state index in [0.717, 1.165) is 19.5 Å². The lowest BCUT2D eigenvalue weighted by Crippen LogP contribution is -2.31. The first-order valence-electron chi connectivity index (χ1n) is 4.57. The molecule has 0 saturated heterocycles. The van der Waals surface area contributed by atoms with E-state index < -0.39 is 5.97 Å². The van der Waals surface area contributed by atoms with Gasteiger partial charge in [-0.15, -0.1) is 0 Å². The summed E-state index contributed by atoms with van der Waals surface area (Å²) in [5.41, 5.74) is 0. The van der Waals surface area contributed by atoms with Gasteiger partial charge in [-0.25, -0.2) is 0 Å². The predicted octanol–water partition coefficient (Wildman–Crippen LogP) is 0.887. The largest absolute Gasteiger partial charge is 0.481 e. The zero-order valence-corrected chi connectivity index (χ0v) is 7.39. The zero-order chi connectivity index (χ0) is 9.26. The van der Waals surface area contributed by atoms with Crippen LogP contribution in [0.2, 0.25) is 0 Å². The summed E-state index contributed by atoms with van der Waals surface area (Å²) < 4.78 is 0. The number of nitrogens with zero attached hydrogens (tertiary/aromatic N) is 1. The molecule has 3 heteroatoms. The highest BCUT2D eigenvalue weighted by atomic mass is 16.4. The Labute approximate surface area is 77.3 Å². The predicted molar refractivity (Wildman–Crippen MR) is 49.4 cm³/mol. The maximum absolute atomic E-state index is 10.7. The molecule has 2 atom stereocenters. The number of hydrogen-bond donors (Lipinski definition) is 1. The minimum atomic E-state index is -0.703. The van der Waals surface area contributed by atoms with E-state index in [1.165, 1.54) is 0 Å². The molecule has 2 aliphatic rings. The molecule has 0 fully saturated rings. The van der Waals surface area contributed by atoms with E-state index in [1.54, 1.807) is 0 Å². The number of carboxylic acid groups (broad SMARTS) is 1. The van der Waals surface area contributed by atoms with Gasteiger partial charge in [0, 0.05) is 19.1 Å². The summed E-state index contributed by atoms with van der Waals surface area (Å²) >= 11 is 0. The lowest BCUT2D eigenvalue weighted by molar-refractivity contribution is -0.140. The van der Waals surface area contributed by atoms with Crippen LogP contribution in [0.15, 0.2) is 24.3 Å². The molecule has 70 valence electrons. The van der Waals surface area contributed by atoms with Crippen LogP contribution in [-0.2, 0) is 4.79 Å². The van der Waals surface area contributed by atoms with Crippen molar-refractivity contribution in [1.82, 2.24) is 4.90 Å². The summed E-state index contributed by atoms with van der Waals surface area (Å²) in [6.45, 7) is 1.92. The van der Waals surface area contributed by atoms with Crippen molar-refractivity contribution in [2.24, 2.45) is 5.92 Å². The van der Waals surface area contributed by atoms with Crippen molar-refractivity contribution in [2.45, 2.75) is 12.5 Å². The van der Waals surface area contributed by atoms with E-state index in [0.29, 0.717) is 6.04 Å². The van der Waals surface area contributed by atoms with Gasteiger partial charge in [0.25, 0.3) is 0 Å². The molecule has 1 aliphatic carbocycles. The van der Waals surface area contributed by atoms with Crippen LogP contribution in [0.4, 0.5) is 0 Å². The van der Waals surface area contributed by atoms with Crippen molar-refractivity contribution in [3.63, 3.8) is 0 Å². The molecular weight excluding hydrogens is 166 g/mol. The zero-order valence-electron chi connectivity index (χ0n) is 7.39. The average molecular weight is 179 g/mol. The smallest absolute Gasteiger partial charge is 0.310 e. The Morgan fingerprint density at radius 1 is 1.31 bits per heavy atom. The topological polar surface area (TPSA) is 40.5 Å². The quantitative estimate of drug-likeness (QED) is 0.640. The molecular formula is C10H13NO2. The van der Waals surface area contributed by atoms with Gasteiger partial charge in [0.15, 0.2) is 0 Å². The highest BCUT2D eigenvalue weighted by molar-refractivity contribution is 5.73. The molecule has 0 amide bonds. The van der Waals surface area contributed by atoms with Gasteiger partial charge in [-0.1, -0.05) is 24.3 Å². The Balaban J connectivity index is 1.92. The van der Waals surface area contributed by atoms with Gasteiger partial charge in [0.05, 0.1) is 5.92 Å². The van der Waals surface area contributed by atoms with Crippen LogP contribution in [0.3, 0.4) is 0 Å². The molecule has 2 unspecified atom stereocenters. The SMILES string of the molecule is O=C(O)C1C=CC(N2CC=CC2)C1. The molecule has 0 radical (unpaired) electrons. The van der Waals surface area contributed by atoms with Gasteiger partial charge in [0.1, 0.15) is 0 Å². The van der Waals surface area contributed by atoms with Crippen LogP contribution in [-0.4, -0.2) is 35.1 Å². The fraction of sp³-hybridized carbons (Fsp3) is 0.500. The van der Waals surface area contributed by atoms with Crippen LogP contribution in [0.1, 0.15) is 6.42 Å². The maximum atomic E-state index is 10.7. The van der Waals surface area contributed by atoms with Crippen molar-refractivity contribution in [2.75, 3.05) is 13.1 Å². The second kappa shape index (κ2) is 3.34. The molecule has 13 heavy (non-hydrogen) atoms. The van der Waals surface area contributed by atoms with Crippen LogP contribution < -0.4 is 0 Å². The Kier molecular flexibility index (Phi) is 2.19. The van der Waals surface area contributed by atoms with Gasteiger partial charge < -0.3 is 5.11 Å². The third kappa shape index (κ3) is 1.65. The standard InChI is InChI=1S/C10H13NO2/c12-10(13)8-3-4-9(7-8)11-5-1-2-6-11/h1-4,8-9H,5-7H2,(H,12,13). The first-order valence-corrected chi connectivity index (χ1v) is 4.57. The molecule has 0 spiro atoms. The first kappa shape index (κ1) is 8.51. The monoisotopic (exact) mass is 179 g/mol. The molecule has 0 aromatic rings. The summed E-state index contributed by atoms with van der Waals surface area (Å²) in [4.78, 5) is 13.0. The van der Waals surface area contributed by atoms with E-state index in [4.69, 9.17) is 5.11 Å². The highest BCUT2D eigenvalue weighted by Gasteiger charge is 2.28. The van der Waals surface area contributed by atoms with Crippen LogP contribution >= 0.6 is 0 Å². The maximum Gasteiger partial charge on any atom is 0.310 e. The van der Waals surface area contributed by atoms with E-state index in [9.17, 15) is 4.79 Å². The third-order valence-corrected chi connectivity index (χ3v) is 2.69. The number of carbonyl (C=O) groups is 1. The van der Waals surface area contributed by atoms with Crippen LogP contribution in [0, 0.1) is 5.92 Å². The van der Waals surface area contributed by atoms with Crippen LogP contribution in [0.25, 0.3) is 0 Å². The van der Waals surface area contributed by atoms with Gasteiger partial charge in [-0.2, -0.15) is 0 Å². The summed E-state index contributed by atoms with van der Waals surface area (Å²) in [5, 5.41) is 8.79. The minimum absolute atomic E-state index is 0.273. The molecule has 3 nitrogen and oxygen atoms in total. The Morgan fingerprint density at radius 2 is 2.00 bits per heavy atom. The Hall–Kier alpha value is -1.09. The average Bonchev–Trinajstić information content (AvgIpc) is 2.75. The first-order chi connectivity index (χ1) is 6.27. The van der Waals surface area contributed by atoms with Gasteiger partial charge in [0.2, 0.25) is 0 Å². The second-order valence-electron chi connectivity index (χ2n) is 3.56. The number of carboxylic acids is 1. The van der Waals surface area contributed by atoms with E-state index >= 15 is 0 Å². The summed E-state index contributed by atoms with van der Waals surface area (Å²) in [5.74, 6) is -0.975. The normalized spacial score (nSPS) is 32.9. The van der Waals surface area contributed by atoms with Gasteiger partial charge in [-0.3, -0.25) is 9.69 Å². The summed E-state index contributed by atoms with van der Waals surface area (Å²) in [6, 6.07) is 0.330. The molecule has 0 aromatic heterocycles. The van der Waals surface area contributed by atoms with Crippen LogP contribution in [0.5, 0.6) is 0 Å². The van der Waals surface area contributed by atoms with Crippen molar-refractivity contribution in [3.05, 3.63) is 24.3 Å². The second-order valence-corrected chi connectivity index (χ2v) is 3.56. The minimum Gasteiger partial charge on any atom is -0.481 e. The van der Waals surface area contributed by atoms with E-state index in [-0.39, 0.29) is 5.92 Å². The molecule has 1 heterocycles. The lowest BCUT2D eigenvalue weighted by Gasteiger charge is -2.21. The summed E-state index contributed by atoms with van der Waals surface area (Å²) in [6.07, 6.45) is 8.82. The highest BCUT2D eigenvalue weighted by Crippen LogP contribution is 2.23. The Bertz CT molecular complexity index is 262. The molecule has 0 bridgehead atoms. The molecule has 1 N–H and O–H groups in total. The van der Waals surface area contributed by atoms with Gasteiger partial charge in [-0.05, 0) is 6.42 Å². The van der Waals surface area contributed by atoms with Gasteiger partial charge >= 0.3 is 5.97 Å².